The van der Waals surface area contributed by atoms with Crippen LogP contribution in [0, 0.1) is 0 Å². The zero-order valence-corrected chi connectivity index (χ0v) is 10.6. The smallest absolute Gasteiger partial charge is 0.152 e. The second-order valence-corrected chi connectivity index (χ2v) is 4.67. The topological polar surface area (TPSA) is 29.5 Å². The summed E-state index contributed by atoms with van der Waals surface area (Å²) < 4.78 is 5.11. The van der Waals surface area contributed by atoms with Crippen LogP contribution in [0.4, 0.5) is 5.69 Å². The first-order valence-corrected chi connectivity index (χ1v) is 6.14. The number of halogens is 1. The third-order valence-corrected chi connectivity index (χ3v) is 3.19. The van der Waals surface area contributed by atoms with Crippen molar-refractivity contribution in [1.82, 2.24) is 0 Å². The third kappa shape index (κ3) is 2.99. The normalized spacial score (nSPS) is 14.7. The van der Waals surface area contributed by atoms with Crippen molar-refractivity contribution in [3.05, 3.63) is 28.8 Å². The summed E-state index contributed by atoms with van der Waals surface area (Å²) in [7, 11) is 1.69. The highest BCUT2D eigenvalue weighted by atomic mass is 35.5. The van der Waals surface area contributed by atoms with Gasteiger partial charge in [0.1, 0.15) is 0 Å². The van der Waals surface area contributed by atoms with E-state index < -0.39 is 0 Å². The molecular weight excluding hydrogens is 238 g/mol. The molecule has 0 spiro atoms. The number of benzene rings is 1. The molecule has 1 aromatic carbocycles. The van der Waals surface area contributed by atoms with E-state index in [9.17, 15) is 4.79 Å². The highest BCUT2D eigenvalue weighted by molar-refractivity contribution is 6.31. The summed E-state index contributed by atoms with van der Waals surface area (Å²) in [5.41, 5.74) is 1.62. The number of hydrogen-bond acceptors (Lipinski definition) is 3. The van der Waals surface area contributed by atoms with Crippen molar-refractivity contribution in [2.75, 3.05) is 25.2 Å². The molecule has 0 saturated heterocycles. The van der Waals surface area contributed by atoms with Gasteiger partial charge in [0.15, 0.2) is 6.29 Å². The first kappa shape index (κ1) is 12.4. The number of anilines is 1. The Morgan fingerprint density at radius 1 is 1.53 bits per heavy atom. The summed E-state index contributed by atoms with van der Waals surface area (Å²) in [5.74, 6) is 0. The Kier molecular flexibility index (Phi) is 4.02. The molecule has 1 fully saturated rings. The second kappa shape index (κ2) is 5.52. The molecule has 0 atom stereocenters. The molecule has 0 bridgehead atoms. The maximum Gasteiger partial charge on any atom is 0.152 e. The van der Waals surface area contributed by atoms with Crippen LogP contribution in [0.2, 0.25) is 5.02 Å². The number of methoxy groups -OCH3 is 1. The van der Waals surface area contributed by atoms with Crippen LogP contribution in [0.1, 0.15) is 23.2 Å². The maximum atomic E-state index is 11.1. The molecule has 0 radical (unpaired) electrons. The van der Waals surface area contributed by atoms with Crippen LogP contribution in [0.25, 0.3) is 0 Å². The average Bonchev–Trinajstić information content (AvgIpc) is 3.15. The van der Waals surface area contributed by atoms with E-state index in [0.717, 1.165) is 18.5 Å². The fourth-order valence-electron chi connectivity index (χ4n) is 1.96. The van der Waals surface area contributed by atoms with Crippen LogP contribution < -0.4 is 4.90 Å². The molecule has 17 heavy (non-hydrogen) atoms. The first-order chi connectivity index (χ1) is 8.26. The lowest BCUT2D eigenvalue weighted by molar-refractivity contribution is 0.112. The molecule has 1 aromatic rings. The number of ether oxygens (including phenoxy) is 1. The molecule has 1 saturated carbocycles. The highest BCUT2D eigenvalue weighted by Crippen LogP contribution is 2.33. The molecule has 0 unspecified atom stereocenters. The molecule has 0 amide bonds. The van der Waals surface area contributed by atoms with Gasteiger partial charge in [-0.3, -0.25) is 4.79 Å². The van der Waals surface area contributed by atoms with Crippen molar-refractivity contribution < 1.29 is 9.53 Å². The molecule has 92 valence electrons. The Hall–Kier alpha value is -1.06. The van der Waals surface area contributed by atoms with Gasteiger partial charge < -0.3 is 9.64 Å². The number of aldehydes is 1. The largest absolute Gasteiger partial charge is 0.383 e. The van der Waals surface area contributed by atoms with Crippen molar-refractivity contribution in [1.29, 1.82) is 0 Å². The van der Waals surface area contributed by atoms with Crippen molar-refractivity contribution >= 4 is 23.6 Å². The Labute approximate surface area is 106 Å². The minimum absolute atomic E-state index is 0.546. The van der Waals surface area contributed by atoms with Gasteiger partial charge in [0.05, 0.1) is 6.61 Å². The molecule has 0 aromatic heterocycles. The summed E-state index contributed by atoms with van der Waals surface area (Å²) >= 11 is 5.90. The molecule has 0 N–H and O–H groups in total. The first-order valence-electron chi connectivity index (χ1n) is 5.76. The second-order valence-electron chi connectivity index (χ2n) is 4.24. The van der Waals surface area contributed by atoms with E-state index in [4.69, 9.17) is 16.3 Å². The number of carbonyl (C=O) groups excluding carboxylic acids is 1. The number of hydrogen-bond donors (Lipinski definition) is 0. The van der Waals surface area contributed by atoms with E-state index in [1.165, 1.54) is 12.8 Å². The zero-order valence-electron chi connectivity index (χ0n) is 9.86. The predicted octanol–water partition coefficient (Wildman–Crippen LogP) is 2.77. The maximum absolute atomic E-state index is 11.1. The van der Waals surface area contributed by atoms with Crippen LogP contribution >= 0.6 is 11.6 Å². The lowest BCUT2D eigenvalue weighted by atomic mass is 10.1. The SMILES string of the molecule is COCCN(c1ccc(Cl)cc1C=O)C1CC1. The minimum atomic E-state index is 0.546. The van der Waals surface area contributed by atoms with Gasteiger partial charge in [-0.1, -0.05) is 11.6 Å². The molecule has 1 aliphatic rings. The Bertz CT molecular complexity index is 404. The van der Waals surface area contributed by atoms with Gasteiger partial charge in [-0.25, -0.2) is 0 Å². The third-order valence-electron chi connectivity index (χ3n) is 2.95. The van der Waals surface area contributed by atoms with E-state index in [1.54, 1.807) is 13.2 Å². The lowest BCUT2D eigenvalue weighted by Gasteiger charge is -2.25. The number of carbonyl (C=O) groups is 1. The summed E-state index contributed by atoms with van der Waals surface area (Å²) in [6.07, 6.45) is 3.23. The molecule has 1 aliphatic carbocycles. The lowest BCUT2D eigenvalue weighted by Crippen LogP contribution is -2.30. The van der Waals surface area contributed by atoms with Gasteiger partial charge in [-0.15, -0.1) is 0 Å². The fraction of sp³-hybridized carbons (Fsp3) is 0.462. The van der Waals surface area contributed by atoms with Crippen molar-refractivity contribution in [2.45, 2.75) is 18.9 Å². The Morgan fingerprint density at radius 3 is 2.88 bits per heavy atom. The van der Waals surface area contributed by atoms with Gasteiger partial charge >= 0.3 is 0 Å². The van der Waals surface area contributed by atoms with Gasteiger partial charge in [0.25, 0.3) is 0 Å². The minimum Gasteiger partial charge on any atom is -0.383 e. The molecule has 3 nitrogen and oxygen atoms in total. The molecular formula is C13H16ClNO2. The summed E-state index contributed by atoms with van der Waals surface area (Å²) in [5, 5.41) is 0.596. The zero-order chi connectivity index (χ0) is 12.3. The van der Waals surface area contributed by atoms with E-state index >= 15 is 0 Å². The van der Waals surface area contributed by atoms with E-state index in [-0.39, 0.29) is 0 Å². The van der Waals surface area contributed by atoms with Gasteiger partial charge in [0, 0.05) is 36.0 Å². The quantitative estimate of drug-likeness (QED) is 0.730. The molecule has 2 rings (SSSR count). The molecule has 0 aliphatic heterocycles. The van der Waals surface area contributed by atoms with Crippen LogP contribution in [0.15, 0.2) is 18.2 Å². The van der Waals surface area contributed by atoms with Gasteiger partial charge in [-0.05, 0) is 31.0 Å². The van der Waals surface area contributed by atoms with E-state index in [2.05, 4.69) is 4.90 Å². The number of nitrogens with zero attached hydrogens (tertiary/aromatic N) is 1. The van der Waals surface area contributed by atoms with Crippen molar-refractivity contribution in [3.8, 4) is 0 Å². The predicted molar refractivity (Wildman–Crippen MR) is 69.1 cm³/mol. The van der Waals surface area contributed by atoms with E-state index in [1.807, 2.05) is 12.1 Å². The van der Waals surface area contributed by atoms with Gasteiger partial charge in [0.2, 0.25) is 0 Å². The van der Waals surface area contributed by atoms with Crippen molar-refractivity contribution in [3.63, 3.8) is 0 Å². The summed E-state index contributed by atoms with van der Waals surface area (Å²) in [6.45, 7) is 1.47. The molecule has 0 heterocycles. The van der Waals surface area contributed by atoms with Crippen LogP contribution in [0.3, 0.4) is 0 Å². The Balaban J connectivity index is 2.24. The number of rotatable bonds is 6. The van der Waals surface area contributed by atoms with Crippen LogP contribution in [0.5, 0.6) is 0 Å². The van der Waals surface area contributed by atoms with Gasteiger partial charge in [-0.2, -0.15) is 0 Å². The van der Waals surface area contributed by atoms with Crippen molar-refractivity contribution in [2.24, 2.45) is 0 Å². The van der Waals surface area contributed by atoms with Crippen LogP contribution in [-0.2, 0) is 4.74 Å². The average molecular weight is 254 g/mol. The summed E-state index contributed by atoms with van der Waals surface area (Å²) in [4.78, 5) is 13.3. The monoisotopic (exact) mass is 253 g/mol. The van der Waals surface area contributed by atoms with Crippen LogP contribution in [-0.4, -0.2) is 32.6 Å². The standard InChI is InChI=1S/C13H16ClNO2/c1-17-7-6-15(12-3-4-12)13-5-2-11(14)8-10(13)9-16/h2,5,8-9,12H,3-4,6-7H2,1H3. The van der Waals surface area contributed by atoms with E-state index in [0.29, 0.717) is 23.2 Å². The molecule has 4 heteroatoms. The summed E-state index contributed by atoms with van der Waals surface area (Å²) in [6, 6.07) is 6.00. The fourth-order valence-corrected chi connectivity index (χ4v) is 2.14. The Morgan fingerprint density at radius 2 is 2.29 bits per heavy atom. The highest BCUT2D eigenvalue weighted by Gasteiger charge is 2.30.